The smallest absolute Gasteiger partial charge is 0.405 e. The van der Waals surface area contributed by atoms with Crippen molar-refractivity contribution in [3.63, 3.8) is 0 Å². The molecule has 1 aliphatic heterocycles. The van der Waals surface area contributed by atoms with E-state index in [1.54, 1.807) is 6.07 Å². The average Bonchev–Trinajstić information content (AvgIpc) is 2.61. The van der Waals surface area contributed by atoms with Crippen molar-refractivity contribution in [2.75, 3.05) is 46.9 Å². The lowest BCUT2D eigenvalue weighted by Crippen LogP contribution is -2.57. The van der Waals surface area contributed by atoms with Crippen molar-refractivity contribution in [1.29, 1.82) is 0 Å². The molecule has 1 aromatic carbocycles. The molecular weight excluding hydrogens is 375 g/mol. The molecule has 10 heteroatoms. The molecule has 1 atom stereocenters. The van der Waals surface area contributed by atoms with Gasteiger partial charge < -0.3 is 20.1 Å². The van der Waals surface area contributed by atoms with Gasteiger partial charge in [-0.1, -0.05) is 0 Å². The summed E-state index contributed by atoms with van der Waals surface area (Å²) in [7, 11) is 2.86. The first kappa shape index (κ1) is 22.3. The van der Waals surface area contributed by atoms with Crippen LogP contribution in [0.3, 0.4) is 0 Å². The van der Waals surface area contributed by atoms with Gasteiger partial charge in [0.15, 0.2) is 0 Å². The van der Waals surface area contributed by atoms with Gasteiger partial charge in [0.25, 0.3) is 5.91 Å². The molecule has 148 valence electrons. The summed E-state index contributed by atoms with van der Waals surface area (Å²) in [6.45, 7) is 1.04. The summed E-state index contributed by atoms with van der Waals surface area (Å²) in [5.74, 6) is 0.166. The van der Waals surface area contributed by atoms with Gasteiger partial charge in [0, 0.05) is 44.4 Å². The minimum Gasteiger partial charge on any atom is -0.497 e. The molecule has 0 radical (unpaired) electrons. The lowest BCUT2D eigenvalue weighted by Gasteiger charge is -2.35. The summed E-state index contributed by atoms with van der Waals surface area (Å²) >= 11 is 0. The summed E-state index contributed by atoms with van der Waals surface area (Å²) in [5.41, 5.74) is 0.178. The van der Waals surface area contributed by atoms with Crippen molar-refractivity contribution in [3.8, 4) is 11.5 Å². The Hall–Kier alpha value is -1.71. The maximum Gasteiger partial charge on any atom is 0.405 e. The van der Waals surface area contributed by atoms with Crippen LogP contribution in [0.5, 0.6) is 11.5 Å². The Balaban J connectivity index is 0.00000338. The number of carbonyl (C=O) groups is 1. The number of piperazine rings is 1. The van der Waals surface area contributed by atoms with Crippen LogP contribution in [-0.2, 0) is 0 Å². The SMILES string of the molecule is COc1cc(OC)cc(C(=O)NCC(N2CCNCC2)C(F)(F)F)c1.Cl. The van der Waals surface area contributed by atoms with E-state index in [2.05, 4.69) is 10.6 Å². The lowest BCUT2D eigenvalue weighted by atomic mass is 10.1. The van der Waals surface area contributed by atoms with Crippen molar-refractivity contribution in [2.45, 2.75) is 12.2 Å². The van der Waals surface area contributed by atoms with E-state index in [1.165, 1.54) is 31.3 Å². The van der Waals surface area contributed by atoms with Crippen molar-refractivity contribution in [3.05, 3.63) is 23.8 Å². The number of methoxy groups -OCH3 is 2. The molecule has 0 bridgehead atoms. The zero-order valence-corrected chi connectivity index (χ0v) is 15.4. The molecule has 2 N–H and O–H groups in total. The number of halogens is 4. The van der Waals surface area contributed by atoms with Crippen molar-refractivity contribution < 1.29 is 27.4 Å². The van der Waals surface area contributed by atoms with E-state index in [0.717, 1.165) is 0 Å². The van der Waals surface area contributed by atoms with Gasteiger partial charge in [0.1, 0.15) is 17.5 Å². The number of hydrogen-bond donors (Lipinski definition) is 2. The van der Waals surface area contributed by atoms with Gasteiger partial charge in [-0.15, -0.1) is 12.4 Å². The van der Waals surface area contributed by atoms with Gasteiger partial charge in [0.2, 0.25) is 0 Å². The minimum absolute atomic E-state index is 0. The predicted octanol–water partition coefficient (Wildman–Crippen LogP) is 1.69. The molecule has 1 fully saturated rings. The Labute approximate surface area is 156 Å². The second-order valence-corrected chi connectivity index (χ2v) is 5.65. The first-order valence-electron chi connectivity index (χ1n) is 7.88. The van der Waals surface area contributed by atoms with Crippen LogP contribution in [-0.4, -0.2) is 70.0 Å². The number of alkyl halides is 3. The van der Waals surface area contributed by atoms with Crippen LogP contribution in [0.25, 0.3) is 0 Å². The maximum atomic E-state index is 13.3. The molecule has 0 spiro atoms. The lowest BCUT2D eigenvalue weighted by molar-refractivity contribution is -0.183. The molecule has 2 rings (SSSR count). The molecule has 0 aromatic heterocycles. The van der Waals surface area contributed by atoms with Crippen molar-refractivity contribution in [2.24, 2.45) is 0 Å². The highest BCUT2D eigenvalue weighted by Gasteiger charge is 2.43. The first-order chi connectivity index (χ1) is 11.8. The topological polar surface area (TPSA) is 62.8 Å². The first-order valence-corrected chi connectivity index (χ1v) is 7.88. The van der Waals surface area contributed by atoms with Crippen LogP contribution in [0.15, 0.2) is 18.2 Å². The van der Waals surface area contributed by atoms with Crippen molar-refractivity contribution >= 4 is 18.3 Å². The summed E-state index contributed by atoms with van der Waals surface area (Å²) < 4.78 is 50.2. The van der Waals surface area contributed by atoms with E-state index >= 15 is 0 Å². The highest BCUT2D eigenvalue weighted by Crippen LogP contribution is 2.25. The Morgan fingerprint density at radius 2 is 1.73 bits per heavy atom. The standard InChI is InChI=1S/C16H22F3N3O3.ClH/c1-24-12-7-11(8-13(9-12)25-2)15(23)21-10-14(16(17,18)19)22-5-3-20-4-6-22;/h7-9,14,20H,3-6,10H2,1-2H3,(H,21,23);1H. The van der Waals surface area contributed by atoms with E-state index in [9.17, 15) is 18.0 Å². The molecule has 1 amide bonds. The van der Waals surface area contributed by atoms with Crippen LogP contribution in [0, 0.1) is 0 Å². The third-order valence-electron chi connectivity index (χ3n) is 4.04. The summed E-state index contributed by atoms with van der Waals surface area (Å²) in [6.07, 6.45) is -4.42. The molecule has 26 heavy (non-hydrogen) atoms. The molecule has 1 aliphatic rings. The Kier molecular flexibility index (Phi) is 8.45. The number of ether oxygens (including phenoxy) is 2. The molecular formula is C16H23ClF3N3O3. The minimum atomic E-state index is -4.42. The molecule has 0 aliphatic carbocycles. The van der Waals surface area contributed by atoms with Gasteiger partial charge >= 0.3 is 6.18 Å². The second kappa shape index (κ2) is 9.84. The Morgan fingerprint density at radius 1 is 1.19 bits per heavy atom. The molecule has 0 saturated carbocycles. The number of benzene rings is 1. The van der Waals surface area contributed by atoms with E-state index < -0.39 is 24.7 Å². The average molecular weight is 398 g/mol. The van der Waals surface area contributed by atoms with Gasteiger partial charge in [0.05, 0.1) is 14.2 Å². The Bertz CT molecular complexity index is 574. The fraction of sp³-hybridized carbons (Fsp3) is 0.562. The number of carbonyl (C=O) groups excluding carboxylic acids is 1. The highest BCUT2D eigenvalue weighted by molar-refractivity contribution is 5.95. The zero-order valence-electron chi connectivity index (χ0n) is 14.6. The third kappa shape index (κ3) is 5.93. The van der Waals surface area contributed by atoms with Gasteiger partial charge in [-0.05, 0) is 12.1 Å². The summed E-state index contributed by atoms with van der Waals surface area (Å²) in [6, 6.07) is 2.76. The number of nitrogens with one attached hydrogen (secondary N) is 2. The van der Waals surface area contributed by atoms with E-state index in [1.807, 2.05) is 0 Å². The van der Waals surface area contributed by atoms with Crippen LogP contribution in [0.2, 0.25) is 0 Å². The van der Waals surface area contributed by atoms with Crippen LogP contribution in [0.4, 0.5) is 13.2 Å². The third-order valence-corrected chi connectivity index (χ3v) is 4.04. The molecule has 1 unspecified atom stereocenters. The maximum absolute atomic E-state index is 13.3. The molecule has 6 nitrogen and oxygen atoms in total. The quantitative estimate of drug-likeness (QED) is 0.765. The predicted molar refractivity (Wildman–Crippen MR) is 93.4 cm³/mol. The van der Waals surface area contributed by atoms with E-state index in [4.69, 9.17) is 9.47 Å². The van der Waals surface area contributed by atoms with Gasteiger partial charge in [-0.25, -0.2) is 0 Å². The number of amides is 1. The fourth-order valence-electron chi connectivity index (χ4n) is 2.68. The van der Waals surface area contributed by atoms with Crippen LogP contribution >= 0.6 is 12.4 Å². The van der Waals surface area contributed by atoms with Crippen molar-refractivity contribution in [1.82, 2.24) is 15.5 Å². The highest BCUT2D eigenvalue weighted by atomic mass is 35.5. The summed E-state index contributed by atoms with van der Waals surface area (Å²) in [4.78, 5) is 13.6. The van der Waals surface area contributed by atoms with Gasteiger partial charge in [-0.3, -0.25) is 9.69 Å². The number of hydrogen-bond acceptors (Lipinski definition) is 5. The number of rotatable bonds is 6. The second-order valence-electron chi connectivity index (χ2n) is 5.65. The molecule has 1 heterocycles. The number of nitrogens with zero attached hydrogens (tertiary/aromatic N) is 1. The fourth-order valence-corrected chi connectivity index (χ4v) is 2.68. The van der Waals surface area contributed by atoms with Crippen LogP contribution < -0.4 is 20.1 Å². The van der Waals surface area contributed by atoms with Gasteiger partial charge in [-0.2, -0.15) is 13.2 Å². The molecule has 1 aromatic rings. The largest absolute Gasteiger partial charge is 0.497 e. The monoisotopic (exact) mass is 397 g/mol. The van der Waals surface area contributed by atoms with E-state index in [-0.39, 0.29) is 31.1 Å². The van der Waals surface area contributed by atoms with E-state index in [0.29, 0.717) is 24.6 Å². The summed E-state index contributed by atoms with van der Waals surface area (Å²) in [5, 5.41) is 5.39. The normalized spacial score (nSPS) is 16.3. The Morgan fingerprint density at radius 3 is 2.19 bits per heavy atom. The molecule has 1 saturated heterocycles. The van der Waals surface area contributed by atoms with Crippen LogP contribution in [0.1, 0.15) is 10.4 Å². The zero-order chi connectivity index (χ0) is 18.4.